The van der Waals surface area contributed by atoms with E-state index in [1.807, 2.05) is 17.0 Å². The molecular formula is C18H24N4O2. The van der Waals surface area contributed by atoms with Gasteiger partial charge in [0.1, 0.15) is 18.4 Å². The zero-order chi connectivity index (χ0) is 16.8. The molecule has 1 saturated heterocycles. The summed E-state index contributed by atoms with van der Waals surface area (Å²) in [4.78, 5) is 18.2. The number of aromatic nitrogens is 3. The lowest BCUT2D eigenvalue weighted by molar-refractivity contribution is -0.133. The fourth-order valence-electron chi connectivity index (χ4n) is 2.99. The standard InChI is InChI=1S/C18H24N4O2/c1-15-4-6-17(7-5-15)24-12-16-3-2-9-21(11-16)18(23)8-10-22-14-19-13-20-22/h4-7,13-14,16H,2-3,8-12H2,1H3/t16-/m0/s1. The van der Waals surface area contributed by atoms with E-state index < -0.39 is 0 Å². The van der Waals surface area contributed by atoms with Crippen LogP contribution >= 0.6 is 0 Å². The molecule has 1 atom stereocenters. The molecule has 1 amide bonds. The molecular weight excluding hydrogens is 304 g/mol. The zero-order valence-electron chi connectivity index (χ0n) is 14.1. The fraction of sp³-hybridized carbons (Fsp3) is 0.500. The largest absolute Gasteiger partial charge is 0.493 e. The van der Waals surface area contributed by atoms with E-state index in [1.54, 1.807) is 11.0 Å². The minimum Gasteiger partial charge on any atom is -0.493 e. The van der Waals surface area contributed by atoms with E-state index in [-0.39, 0.29) is 5.91 Å². The smallest absolute Gasteiger partial charge is 0.224 e. The number of rotatable bonds is 6. The van der Waals surface area contributed by atoms with Crippen molar-refractivity contribution >= 4 is 5.91 Å². The molecule has 1 aliphatic heterocycles. The van der Waals surface area contributed by atoms with E-state index in [2.05, 4.69) is 29.1 Å². The van der Waals surface area contributed by atoms with Gasteiger partial charge in [-0.3, -0.25) is 9.48 Å². The first-order valence-electron chi connectivity index (χ1n) is 8.50. The van der Waals surface area contributed by atoms with Crippen molar-refractivity contribution in [3.63, 3.8) is 0 Å². The summed E-state index contributed by atoms with van der Waals surface area (Å²) in [6.07, 6.45) is 5.75. The Hall–Kier alpha value is -2.37. The van der Waals surface area contributed by atoms with E-state index in [9.17, 15) is 4.79 Å². The highest BCUT2D eigenvalue weighted by molar-refractivity contribution is 5.76. The van der Waals surface area contributed by atoms with Crippen LogP contribution in [0.2, 0.25) is 0 Å². The van der Waals surface area contributed by atoms with Crippen molar-refractivity contribution in [1.29, 1.82) is 0 Å². The number of carbonyl (C=O) groups excluding carboxylic acids is 1. The Kier molecular flexibility index (Phi) is 5.46. The molecule has 1 aromatic heterocycles. The number of hydrogen-bond donors (Lipinski definition) is 0. The molecule has 128 valence electrons. The van der Waals surface area contributed by atoms with Crippen LogP contribution in [0.5, 0.6) is 5.75 Å². The Morgan fingerprint density at radius 3 is 2.92 bits per heavy atom. The van der Waals surface area contributed by atoms with Crippen LogP contribution in [0.3, 0.4) is 0 Å². The molecule has 6 nitrogen and oxygen atoms in total. The number of hydrogen-bond acceptors (Lipinski definition) is 4. The molecule has 0 saturated carbocycles. The van der Waals surface area contributed by atoms with Crippen molar-refractivity contribution < 1.29 is 9.53 Å². The first-order chi connectivity index (χ1) is 11.7. The van der Waals surface area contributed by atoms with Crippen LogP contribution in [-0.2, 0) is 11.3 Å². The van der Waals surface area contributed by atoms with Gasteiger partial charge >= 0.3 is 0 Å². The van der Waals surface area contributed by atoms with Crippen LogP contribution in [0.15, 0.2) is 36.9 Å². The molecule has 0 bridgehead atoms. The highest BCUT2D eigenvalue weighted by Gasteiger charge is 2.24. The third-order valence-electron chi connectivity index (χ3n) is 4.40. The van der Waals surface area contributed by atoms with Crippen molar-refractivity contribution in [2.45, 2.75) is 32.7 Å². The molecule has 1 aliphatic rings. The van der Waals surface area contributed by atoms with Gasteiger partial charge in [0, 0.05) is 25.4 Å². The van der Waals surface area contributed by atoms with E-state index in [0.29, 0.717) is 25.5 Å². The van der Waals surface area contributed by atoms with Crippen LogP contribution in [0.25, 0.3) is 0 Å². The average Bonchev–Trinajstić information content (AvgIpc) is 3.13. The van der Waals surface area contributed by atoms with Crippen molar-refractivity contribution in [2.24, 2.45) is 5.92 Å². The maximum Gasteiger partial charge on any atom is 0.224 e. The predicted octanol–water partition coefficient (Wildman–Crippen LogP) is 2.29. The maximum absolute atomic E-state index is 12.4. The fourth-order valence-corrected chi connectivity index (χ4v) is 2.99. The maximum atomic E-state index is 12.4. The lowest BCUT2D eigenvalue weighted by Gasteiger charge is -2.32. The van der Waals surface area contributed by atoms with Gasteiger partial charge in [-0.2, -0.15) is 5.10 Å². The summed E-state index contributed by atoms with van der Waals surface area (Å²) in [5.74, 6) is 1.48. The molecule has 0 aliphatic carbocycles. The molecule has 3 rings (SSSR count). The highest BCUT2D eigenvalue weighted by Crippen LogP contribution is 2.20. The second-order valence-electron chi connectivity index (χ2n) is 6.38. The summed E-state index contributed by atoms with van der Waals surface area (Å²) in [5.41, 5.74) is 1.23. The summed E-state index contributed by atoms with van der Waals surface area (Å²) in [6.45, 7) is 4.93. The van der Waals surface area contributed by atoms with Gasteiger partial charge in [-0.05, 0) is 31.9 Å². The van der Waals surface area contributed by atoms with Crippen molar-refractivity contribution in [2.75, 3.05) is 19.7 Å². The lowest BCUT2D eigenvalue weighted by atomic mass is 9.98. The molecule has 0 N–H and O–H groups in total. The summed E-state index contributed by atoms with van der Waals surface area (Å²) in [6, 6.07) is 8.10. The summed E-state index contributed by atoms with van der Waals surface area (Å²) >= 11 is 0. The van der Waals surface area contributed by atoms with Gasteiger partial charge in [0.2, 0.25) is 5.91 Å². The van der Waals surface area contributed by atoms with E-state index in [4.69, 9.17) is 4.74 Å². The molecule has 1 fully saturated rings. The zero-order valence-corrected chi connectivity index (χ0v) is 14.1. The van der Waals surface area contributed by atoms with Crippen LogP contribution < -0.4 is 4.74 Å². The number of carbonyl (C=O) groups is 1. The number of aryl methyl sites for hydroxylation is 2. The Balaban J connectivity index is 1.45. The van der Waals surface area contributed by atoms with Gasteiger partial charge in [0.15, 0.2) is 0 Å². The van der Waals surface area contributed by atoms with Gasteiger partial charge in [-0.15, -0.1) is 0 Å². The molecule has 24 heavy (non-hydrogen) atoms. The van der Waals surface area contributed by atoms with Gasteiger partial charge in [-0.25, -0.2) is 4.98 Å². The number of benzene rings is 1. The number of amides is 1. The third-order valence-corrected chi connectivity index (χ3v) is 4.40. The SMILES string of the molecule is Cc1ccc(OC[C@H]2CCCN(C(=O)CCn3cncn3)C2)cc1. The van der Waals surface area contributed by atoms with Gasteiger partial charge in [0.05, 0.1) is 13.2 Å². The number of likely N-dealkylation sites (tertiary alicyclic amines) is 1. The molecule has 1 aromatic carbocycles. The summed E-state index contributed by atoms with van der Waals surface area (Å²) < 4.78 is 7.58. The Labute approximate surface area is 142 Å². The average molecular weight is 328 g/mol. The minimum absolute atomic E-state index is 0.186. The van der Waals surface area contributed by atoms with Gasteiger partial charge < -0.3 is 9.64 Å². The molecule has 2 aromatic rings. The second-order valence-corrected chi connectivity index (χ2v) is 6.38. The first kappa shape index (κ1) is 16.5. The van der Waals surface area contributed by atoms with Crippen LogP contribution in [0, 0.1) is 12.8 Å². The summed E-state index contributed by atoms with van der Waals surface area (Å²) in [5, 5.41) is 4.03. The Bertz CT molecular complexity index is 640. The second kappa shape index (κ2) is 7.95. The quantitative estimate of drug-likeness (QED) is 0.816. The number of piperidine rings is 1. The first-order valence-corrected chi connectivity index (χ1v) is 8.50. The Morgan fingerprint density at radius 1 is 1.33 bits per heavy atom. The normalized spacial score (nSPS) is 17.7. The van der Waals surface area contributed by atoms with Crippen molar-refractivity contribution in [3.05, 3.63) is 42.5 Å². The number of ether oxygens (including phenoxy) is 1. The highest BCUT2D eigenvalue weighted by atomic mass is 16.5. The molecule has 6 heteroatoms. The van der Waals surface area contributed by atoms with Crippen LogP contribution in [0.4, 0.5) is 0 Å². The van der Waals surface area contributed by atoms with E-state index in [0.717, 1.165) is 31.7 Å². The van der Waals surface area contributed by atoms with Crippen molar-refractivity contribution in [3.8, 4) is 5.75 Å². The topological polar surface area (TPSA) is 60.2 Å². The molecule has 2 heterocycles. The third kappa shape index (κ3) is 4.57. The predicted molar refractivity (Wildman–Crippen MR) is 90.6 cm³/mol. The van der Waals surface area contributed by atoms with Gasteiger partial charge in [-0.1, -0.05) is 17.7 Å². The van der Waals surface area contributed by atoms with Crippen LogP contribution in [-0.4, -0.2) is 45.3 Å². The monoisotopic (exact) mass is 328 g/mol. The number of nitrogens with zero attached hydrogens (tertiary/aromatic N) is 4. The summed E-state index contributed by atoms with van der Waals surface area (Å²) in [7, 11) is 0. The molecule has 0 unspecified atom stereocenters. The van der Waals surface area contributed by atoms with E-state index in [1.165, 1.54) is 11.9 Å². The molecule has 0 radical (unpaired) electrons. The van der Waals surface area contributed by atoms with Crippen LogP contribution in [0.1, 0.15) is 24.8 Å². The van der Waals surface area contributed by atoms with Gasteiger partial charge in [0.25, 0.3) is 0 Å². The Morgan fingerprint density at radius 2 is 2.17 bits per heavy atom. The minimum atomic E-state index is 0.186. The van der Waals surface area contributed by atoms with Crippen molar-refractivity contribution in [1.82, 2.24) is 19.7 Å². The lowest BCUT2D eigenvalue weighted by Crippen LogP contribution is -2.41. The van der Waals surface area contributed by atoms with E-state index >= 15 is 0 Å². The molecule has 0 spiro atoms.